The summed E-state index contributed by atoms with van der Waals surface area (Å²) >= 11 is 5.10. The van der Waals surface area contributed by atoms with Crippen LogP contribution in [0.3, 0.4) is 0 Å². The van der Waals surface area contributed by atoms with Gasteiger partial charge in [-0.3, -0.25) is 0 Å². The standard InChI is InChI=1S/C3H5ClO2/c4-2-1-3-6-5/h1,3,5H,2H2. The molecule has 0 spiro atoms. The molecular weight excluding hydrogens is 103 g/mol. The first-order chi connectivity index (χ1) is 2.91. The molecule has 0 aromatic heterocycles. The predicted molar refractivity (Wildman–Crippen MR) is 23.6 cm³/mol. The van der Waals surface area contributed by atoms with Crippen LogP contribution in [0, 0.1) is 0 Å². The van der Waals surface area contributed by atoms with E-state index in [9.17, 15) is 0 Å². The first kappa shape index (κ1) is 5.79. The summed E-state index contributed by atoms with van der Waals surface area (Å²) < 4.78 is 0. The van der Waals surface area contributed by atoms with Gasteiger partial charge >= 0.3 is 0 Å². The highest BCUT2D eigenvalue weighted by atomic mass is 35.5. The summed E-state index contributed by atoms with van der Waals surface area (Å²) in [5.74, 6) is 0.362. The van der Waals surface area contributed by atoms with Gasteiger partial charge in [0.2, 0.25) is 0 Å². The molecule has 3 heteroatoms. The van der Waals surface area contributed by atoms with Gasteiger partial charge < -0.3 is 4.89 Å². The Bertz CT molecular complexity index is 38.1. The second kappa shape index (κ2) is 4.79. The molecule has 0 saturated heterocycles. The molecule has 0 radical (unpaired) electrons. The molecule has 0 saturated carbocycles. The molecule has 0 unspecified atom stereocenters. The lowest BCUT2D eigenvalue weighted by molar-refractivity contribution is -0.186. The van der Waals surface area contributed by atoms with Crippen molar-refractivity contribution in [2.75, 3.05) is 5.88 Å². The van der Waals surface area contributed by atoms with Crippen molar-refractivity contribution in [2.24, 2.45) is 0 Å². The van der Waals surface area contributed by atoms with Gasteiger partial charge in [-0.15, -0.1) is 11.6 Å². The third-order valence-corrected chi connectivity index (χ3v) is 0.424. The van der Waals surface area contributed by atoms with E-state index in [1.807, 2.05) is 0 Å². The van der Waals surface area contributed by atoms with Crippen molar-refractivity contribution in [2.45, 2.75) is 0 Å². The minimum atomic E-state index is 0.362. The van der Waals surface area contributed by atoms with E-state index in [0.717, 1.165) is 6.26 Å². The summed E-state index contributed by atoms with van der Waals surface area (Å²) in [5, 5.41) is 7.55. The minimum absolute atomic E-state index is 0.362. The zero-order valence-electron chi connectivity index (χ0n) is 3.10. The summed E-state index contributed by atoms with van der Waals surface area (Å²) in [4.78, 5) is 3.52. The Balaban J connectivity index is 2.73. The molecule has 0 rings (SSSR count). The molecule has 0 aromatic carbocycles. The Morgan fingerprint density at radius 2 is 2.50 bits per heavy atom. The Kier molecular flexibility index (Phi) is 4.62. The van der Waals surface area contributed by atoms with E-state index in [0.29, 0.717) is 5.88 Å². The van der Waals surface area contributed by atoms with Gasteiger partial charge in [0.15, 0.2) is 0 Å². The van der Waals surface area contributed by atoms with E-state index in [4.69, 9.17) is 16.9 Å². The molecule has 0 fully saturated rings. The minimum Gasteiger partial charge on any atom is -0.348 e. The van der Waals surface area contributed by atoms with Crippen molar-refractivity contribution in [3.05, 3.63) is 12.3 Å². The number of hydrogen-bond acceptors (Lipinski definition) is 2. The van der Waals surface area contributed by atoms with Gasteiger partial charge in [0.25, 0.3) is 0 Å². The van der Waals surface area contributed by atoms with Gasteiger partial charge in [-0.1, -0.05) is 0 Å². The third-order valence-electron chi connectivity index (χ3n) is 0.246. The molecule has 0 aliphatic carbocycles. The van der Waals surface area contributed by atoms with Crippen LogP contribution in [-0.4, -0.2) is 11.1 Å². The first-order valence-corrected chi connectivity index (χ1v) is 1.96. The van der Waals surface area contributed by atoms with Crippen LogP contribution in [0.2, 0.25) is 0 Å². The molecule has 0 aliphatic heterocycles. The molecule has 0 aromatic rings. The maximum atomic E-state index is 7.55. The fourth-order valence-electron chi connectivity index (χ4n) is 0.0794. The van der Waals surface area contributed by atoms with E-state index in [1.165, 1.54) is 6.08 Å². The van der Waals surface area contributed by atoms with Gasteiger partial charge in [-0.25, -0.2) is 5.26 Å². The van der Waals surface area contributed by atoms with Crippen molar-refractivity contribution in [1.82, 2.24) is 0 Å². The maximum Gasteiger partial charge on any atom is 0.126 e. The monoisotopic (exact) mass is 108 g/mol. The second-order valence-corrected chi connectivity index (χ2v) is 0.940. The van der Waals surface area contributed by atoms with Gasteiger partial charge in [-0.2, -0.15) is 0 Å². The van der Waals surface area contributed by atoms with Crippen molar-refractivity contribution in [3.63, 3.8) is 0 Å². The normalized spacial score (nSPS) is 9.67. The van der Waals surface area contributed by atoms with Crippen molar-refractivity contribution >= 4 is 11.6 Å². The smallest absolute Gasteiger partial charge is 0.126 e. The highest BCUT2D eigenvalue weighted by molar-refractivity contribution is 6.18. The maximum absolute atomic E-state index is 7.55. The number of allylic oxidation sites excluding steroid dienone is 1. The Morgan fingerprint density at radius 3 is 2.67 bits per heavy atom. The number of halogens is 1. The van der Waals surface area contributed by atoms with Crippen LogP contribution in [-0.2, 0) is 4.89 Å². The summed E-state index contributed by atoms with van der Waals surface area (Å²) in [7, 11) is 0. The van der Waals surface area contributed by atoms with Gasteiger partial charge in [-0.05, 0) is 6.08 Å². The molecule has 1 N–H and O–H groups in total. The predicted octanol–water partition coefficient (Wildman–Crippen LogP) is 1.23. The molecule has 0 heterocycles. The van der Waals surface area contributed by atoms with E-state index in [2.05, 4.69) is 4.89 Å². The number of alkyl halides is 1. The van der Waals surface area contributed by atoms with Gasteiger partial charge in [0.1, 0.15) is 6.26 Å². The SMILES string of the molecule is OOC=CCCl. The largest absolute Gasteiger partial charge is 0.348 e. The van der Waals surface area contributed by atoms with Gasteiger partial charge in [0.05, 0.1) is 0 Å². The van der Waals surface area contributed by atoms with Crippen LogP contribution in [0.15, 0.2) is 12.3 Å². The summed E-state index contributed by atoms with van der Waals surface area (Å²) in [6.45, 7) is 0. The Morgan fingerprint density at radius 1 is 1.83 bits per heavy atom. The van der Waals surface area contributed by atoms with E-state index in [-0.39, 0.29) is 0 Å². The molecule has 0 bridgehead atoms. The van der Waals surface area contributed by atoms with Crippen molar-refractivity contribution in [1.29, 1.82) is 0 Å². The fourth-order valence-corrected chi connectivity index (χ4v) is 0.152. The number of hydrogen-bond donors (Lipinski definition) is 1. The number of rotatable bonds is 2. The van der Waals surface area contributed by atoms with Crippen molar-refractivity contribution < 1.29 is 10.1 Å². The lowest BCUT2D eigenvalue weighted by atomic mass is 10.7. The average Bonchev–Trinajstić information content (AvgIpc) is 1.61. The molecule has 2 nitrogen and oxygen atoms in total. The van der Waals surface area contributed by atoms with E-state index < -0.39 is 0 Å². The van der Waals surface area contributed by atoms with Gasteiger partial charge in [0, 0.05) is 5.88 Å². The summed E-state index contributed by atoms with van der Waals surface area (Å²) in [6, 6.07) is 0. The Hall–Kier alpha value is -0.210. The van der Waals surface area contributed by atoms with E-state index in [1.54, 1.807) is 0 Å². The summed E-state index contributed by atoms with van der Waals surface area (Å²) in [6.07, 6.45) is 2.58. The van der Waals surface area contributed by atoms with Crippen LogP contribution >= 0.6 is 11.6 Å². The van der Waals surface area contributed by atoms with Crippen LogP contribution in [0.1, 0.15) is 0 Å². The van der Waals surface area contributed by atoms with Crippen LogP contribution < -0.4 is 0 Å². The zero-order chi connectivity index (χ0) is 4.83. The zero-order valence-corrected chi connectivity index (χ0v) is 3.85. The first-order valence-electron chi connectivity index (χ1n) is 1.43. The van der Waals surface area contributed by atoms with Crippen LogP contribution in [0.4, 0.5) is 0 Å². The average molecular weight is 109 g/mol. The highest BCUT2D eigenvalue weighted by Crippen LogP contribution is 1.75. The topological polar surface area (TPSA) is 29.5 Å². The highest BCUT2D eigenvalue weighted by Gasteiger charge is 1.62. The van der Waals surface area contributed by atoms with Crippen LogP contribution in [0.5, 0.6) is 0 Å². The lowest BCUT2D eigenvalue weighted by Gasteiger charge is -1.75. The molecule has 0 aliphatic rings. The third kappa shape index (κ3) is 3.79. The second-order valence-electron chi connectivity index (χ2n) is 0.631. The van der Waals surface area contributed by atoms with Crippen molar-refractivity contribution in [3.8, 4) is 0 Å². The molecule has 36 valence electrons. The Labute approximate surface area is 40.9 Å². The fraction of sp³-hybridized carbons (Fsp3) is 0.333. The quantitative estimate of drug-likeness (QED) is 0.250. The molecule has 0 amide bonds. The van der Waals surface area contributed by atoms with E-state index >= 15 is 0 Å². The summed E-state index contributed by atoms with van der Waals surface area (Å²) in [5.41, 5.74) is 0. The molecule has 6 heavy (non-hydrogen) atoms. The molecule has 0 atom stereocenters. The van der Waals surface area contributed by atoms with Crippen LogP contribution in [0.25, 0.3) is 0 Å². The lowest BCUT2D eigenvalue weighted by Crippen LogP contribution is -1.65. The molecular formula is C3H5ClO2.